The van der Waals surface area contributed by atoms with Crippen LogP contribution in [0.3, 0.4) is 0 Å². The standard InChI is InChI=1S/C29H24N2O3/c1-20-7-5-10-24(15-20)31-29(32)19-34-27-14-13-21(17-28(27)33-2)16-23(18-30)26-12-6-9-22-8-3-4-11-25(22)26/h3-17H,19H2,1-2H3,(H,31,32)/b23-16-. The van der Waals surface area contributed by atoms with Gasteiger partial charge in [0.2, 0.25) is 0 Å². The van der Waals surface area contributed by atoms with E-state index in [0.29, 0.717) is 17.1 Å². The zero-order valence-corrected chi connectivity index (χ0v) is 19.0. The van der Waals surface area contributed by atoms with Crippen molar-refractivity contribution in [2.75, 3.05) is 19.0 Å². The van der Waals surface area contributed by atoms with Gasteiger partial charge in [0.15, 0.2) is 18.1 Å². The van der Waals surface area contributed by atoms with E-state index in [9.17, 15) is 10.1 Å². The number of hydrogen-bond acceptors (Lipinski definition) is 4. The lowest BCUT2D eigenvalue weighted by Crippen LogP contribution is -2.20. The average molecular weight is 449 g/mol. The number of nitriles is 1. The molecule has 0 saturated carbocycles. The molecule has 0 aliphatic heterocycles. The zero-order chi connectivity index (χ0) is 23.9. The number of methoxy groups -OCH3 is 1. The van der Waals surface area contributed by atoms with Crippen molar-refractivity contribution >= 4 is 34.0 Å². The summed E-state index contributed by atoms with van der Waals surface area (Å²) in [6.07, 6.45) is 1.82. The van der Waals surface area contributed by atoms with Gasteiger partial charge in [-0.25, -0.2) is 0 Å². The number of rotatable bonds is 7. The molecular formula is C29H24N2O3. The van der Waals surface area contributed by atoms with Crippen LogP contribution >= 0.6 is 0 Å². The number of fused-ring (bicyclic) bond motifs is 1. The highest BCUT2D eigenvalue weighted by atomic mass is 16.5. The maximum Gasteiger partial charge on any atom is 0.262 e. The Hall–Kier alpha value is -4.56. The number of anilines is 1. The van der Waals surface area contributed by atoms with Crippen LogP contribution in [0.25, 0.3) is 22.4 Å². The van der Waals surface area contributed by atoms with Crippen molar-refractivity contribution in [2.45, 2.75) is 6.92 Å². The number of benzene rings is 4. The van der Waals surface area contributed by atoms with Gasteiger partial charge in [-0.3, -0.25) is 4.79 Å². The van der Waals surface area contributed by atoms with Gasteiger partial charge in [-0.05, 0) is 59.2 Å². The first kappa shape index (κ1) is 22.6. The average Bonchev–Trinajstić information content (AvgIpc) is 2.86. The second-order valence-electron chi connectivity index (χ2n) is 7.81. The molecule has 5 heteroatoms. The molecule has 0 unspecified atom stereocenters. The Morgan fingerprint density at radius 3 is 2.56 bits per heavy atom. The summed E-state index contributed by atoms with van der Waals surface area (Å²) in [6.45, 7) is 1.81. The topological polar surface area (TPSA) is 71.3 Å². The Morgan fingerprint density at radius 1 is 0.971 bits per heavy atom. The second-order valence-corrected chi connectivity index (χ2v) is 7.81. The molecule has 0 heterocycles. The highest BCUT2D eigenvalue weighted by Crippen LogP contribution is 2.31. The molecule has 168 valence electrons. The third kappa shape index (κ3) is 5.25. The molecule has 0 saturated heterocycles. The van der Waals surface area contributed by atoms with Crippen molar-refractivity contribution in [2.24, 2.45) is 0 Å². The van der Waals surface area contributed by atoms with E-state index in [1.807, 2.05) is 85.8 Å². The molecule has 0 spiro atoms. The van der Waals surface area contributed by atoms with E-state index in [4.69, 9.17) is 9.47 Å². The number of carbonyl (C=O) groups is 1. The minimum absolute atomic E-state index is 0.154. The minimum atomic E-state index is -0.264. The summed E-state index contributed by atoms with van der Waals surface area (Å²) in [5.74, 6) is 0.661. The fourth-order valence-electron chi connectivity index (χ4n) is 3.75. The third-order valence-corrected chi connectivity index (χ3v) is 5.36. The number of carbonyl (C=O) groups excluding carboxylic acids is 1. The van der Waals surface area contributed by atoms with Gasteiger partial charge in [0.25, 0.3) is 5.91 Å². The van der Waals surface area contributed by atoms with Gasteiger partial charge in [-0.15, -0.1) is 0 Å². The molecule has 0 radical (unpaired) electrons. The number of amides is 1. The second kappa shape index (κ2) is 10.4. The highest BCUT2D eigenvalue weighted by Gasteiger charge is 2.11. The molecule has 5 nitrogen and oxygen atoms in total. The van der Waals surface area contributed by atoms with Gasteiger partial charge in [0.1, 0.15) is 0 Å². The van der Waals surface area contributed by atoms with E-state index in [1.54, 1.807) is 19.2 Å². The van der Waals surface area contributed by atoms with Crippen molar-refractivity contribution in [3.8, 4) is 17.6 Å². The number of allylic oxidation sites excluding steroid dienone is 1. The van der Waals surface area contributed by atoms with Gasteiger partial charge < -0.3 is 14.8 Å². The van der Waals surface area contributed by atoms with Crippen LogP contribution in [-0.4, -0.2) is 19.6 Å². The SMILES string of the molecule is COc1cc(/C=C(/C#N)c2cccc3ccccc23)ccc1OCC(=O)Nc1cccc(C)c1. The van der Waals surface area contributed by atoms with Crippen molar-refractivity contribution in [3.05, 3.63) is 102 Å². The van der Waals surface area contributed by atoms with Crippen molar-refractivity contribution in [1.29, 1.82) is 5.26 Å². The molecule has 4 aromatic rings. The van der Waals surface area contributed by atoms with Crippen LogP contribution in [-0.2, 0) is 4.79 Å². The third-order valence-electron chi connectivity index (χ3n) is 5.36. The summed E-state index contributed by atoms with van der Waals surface area (Å²) in [7, 11) is 1.54. The summed E-state index contributed by atoms with van der Waals surface area (Å²) >= 11 is 0. The van der Waals surface area contributed by atoms with Crippen molar-refractivity contribution in [1.82, 2.24) is 0 Å². The number of nitrogens with one attached hydrogen (secondary N) is 1. The van der Waals surface area contributed by atoms with Crippen LogP contribution in [0.1, 0.15) is 16.7 Å². The fraction of sp³-hybridized carbons (Fsp3) is 0.103. The molecular weight excluding hydrogens is 424 g/mol. The Kier molecular flexibility index (Phi) is 6.90. The quantitative estimate of drug-likeness (QED) is 0.268. The largest absolute Gasteiger partial charge is 0.493 e. The molecule has 34 heavy (non-hydrogen) atoms. The van der Waals surface area contributed by atoms with Gasteiger partial charge in [-0.1, -0.05) is 60.7 Å². The number of aryl methyl sites for hydroxylation is 1. The summed E-state index contributed by atoms with van der Waals surface area (Å²) in [5.41, 5.74) is 3.98. The summed E-state index contributed by atoms with van der Waals surface area (Å²) in [6, 6.07) is 29.1. The number of hydrogen-bond donors (Lipinski definition) is 1. The van der Waals surface area contributed by atoms with Crippen LogP contribution in [0.5, 0.6) is 11.5 Å². The molecule has 1 N–H and O–H groups in total. The summed E-state index contributed by atoms with van der Waals surface area (Å²) in [5, 5.41) is 14.8. The van der Waals surface area contributed by atoms with Gasteiger partial charge in [-0.2, -0.15) is 5.26 Å². The number of ether oxygens (including phenoxy) is 2. The smallest absolute Gasteiger partial charge is 0.262 e. The fourth-order valence-corrected chi connectivity index (χ4v) is 3.75. The first-order chi connectivity index (χ1) is 16.6. The van der Waals surface area contributed by atoms with E-state index >= 15 is 0 Å². The van der Waals surface area contributed by atoms with Gasteiger partial charge >= 0.3 is 0 Å². The van der Waals surface area contributed by atoms with Crippen molar-refractivity contribution < 1.29 is 14.3 Å². The Labute approximate surface area is 198 Å². The lowest BCUT2D eigenvalue weighted by Gasteiger charge is -2.12. The minimum Gasteiger partial charge on any atom is -0.493 e. The molecule has 0 fully saturated rings. The Bertz CT molecular complexity index is 1410. The molecule has 0 bridgehead atoms. The van der Waals surface area contributed by atoms with Crippen LogP contribution in [0.2, 0.25) is 0 Å². The Balaban J connectivity index is 1.52. The van der Waals surface area contributed by atoms with Crippen LogP contribution in [0.4, 0.5) is 5.69 Å². The molecule has 0 aliphatic rings. The molecule has 0 aliphatic carbocycles. The van der Waals surface area contributed by atoms with E-state index in [-0.39, 0.29) is 12.5 Å². The van der Waals surface area contributed by atoms with E-state index < -0.39 is 0 Å². The van der Waals surface area contributed by atoms with Gasteiger partial charge in [0, 0.05) is 11.3 Å². The molecule has 1 amide bonds. The van der Waals surface area contributed by atoms with Crippen molar-refractivity contribution in [3.63, 3.8) is 0 Å². The molecule has 4 rings (SSSR count). The maximum atomic E-state index is 12.3. The normalized spacial score (nSPS) is 11.0. The van der Waals surface area contributed by atoms with Crippen LogP contribution in [0.15, 0.2) is 84.9 Å². The molecule has 0 aromatic heterocycles. The number of nitrogens with zero attached hydrogens (tertiary/aromatic N) is 1. The zero-order valence-electron chi connectivity index (χ0n) is 19.0. The maximum absolute atomic E-state index is 12.3. The highest BCUT2D eigenvalue weighted by molar-refractivity contribution is 6.01. The summed E-state index contributed by atoms with van der Waals surface area (Å²) < 4.78 is 11.2. The monoisotopic (exact) mass is 448 g/mol. The molecule has 0 atom stereocenters. The predicted octanol–water partition coefficient (Wildman–Crippen LogP) is 6.24. The van der Waals surface area contributed by atoms with E-state index in [2.05, 4.69) is 11.4 Å². The van der Waals surface area contributed by atoms with E-state index in [1.165, 1.54) is 0 Å². The lowest BCUT2D eigenvalue weighted by atomic mass is 9.97. The molecule has 4 aromatic carbocycles. The first-order valence-corrected chi connectivity index (χ1v) is 10.8. The van der Waals surface area contributed by atoms with Gasteiger partial charge in [0.05, 0.1) is 18.8 Å². The lowest BCUT2D eigenvalue weighted by molar-refractivity contribution is -0.118. The predicted molar refractivity (Wildman–Crippen MR) is 136 cm³/mol. The van der Waals surface area contributed by atoms with E-state index in [0.717, 1.165) is 33.2 Å². The van der Waals surface area contributed by atoms with Crippen LogP contribution in [0, 0.1) is 18.3 Å². The first-order valence-electron chi connectivity index (χ1n) is 10.8. The summed E-state index contributed by atoms with van der Waals surface area (Å²) in [4.78, 5) is 12.3. The van der Waals surface area contributed by atoms with Crippen LogP contribution < -0.4 is 14.8 Å². The Morgan fingerprint density at radius 2 is 1.76 bits per heavy atom.